The van der Waals surface area contributed by atoms with Crippen LogP contribution in [0.5, 0.6) is 5.75 Å². The lowest BCUT2D eigenvalue weighted by atomic mass is 10.2. The molecule has 29 heavy (non-hydrogen) atoms. The minimum absolute atomic E-state index is 0.00577. The maximum Gasteiger partial charge on any atom is 0.345 e. The molecule has 0 fully saturated rings. The molecule has 156 valence electrons. The summed E-state index contributed by atoms with van der Waals surface area (Å²) in [6.45, 7) is 2.11. The van der Waals surface area contributed by atoms with Crippen molar-refractivity contribution in [3.8, 4) is 5.75 Å². The number of nitrogens with two attached hydrogens (primary N) is 2. The molecular weight excluding hydrogens is 398 g/mol. The van der Waals surface area contributed by atoms with E-state index in [2.05, 4.69) is 4.72 Å². The Bertz CT molecular complexity index is 930. The van der Waals surface area contributed by atoms with Crippen LogP contribution in [0.25, 0.3) is 0 Å². The Morgan fingerprint density at radius 1 is 1.03 bits per heavy atom. The third-order valence-corrected chi connectivity index (χ3v) is 5.06. The van der Waals surface area contributed by atoms with Gasteiger partial charge in [0, 0.05) is 6.04 Å². The molecule has 0 aliphatic heterocycles. The SMILES string of the molecule is C[C@H](N)COc1ccc(C(=O)OC(=O)C[C@@H](N)NS(=O)(=O)c2ccccc2)cc1. The normalized spacial score (nSPS) is 13.3. The smallest absolute Gasteiger partial charge is 0.345 e. The molecule has 0 saturated carbocycles. The minimum atomic E-state index is -3.89. The summed E-state index contributed by atoms with van der Waals surface area (Å²) in [5, 5.41) is 0. The lowest BCUT2D eigenvalue weighted by molar-refractivity contribution is -0.138. The monoisotopic (exact) mass is 421 g/mol. The summed E-state index contributed by atoms with van der Waals surface area (Å²) in [4.78, 5) is 24.0. The number of hydrogen-bond donors (Lipinski definition) is 3. The summed E-state index contributed by atoms with van der Waals surface area (Å²) < 4.78 is 36.6. The highest BCUT2D eigenvalue weighted by molar-refractivity contribution is 7.89. The molecule has 0 unspecified atom stereocenters. The van der Waals surface area contributed by atoms with Crippen LogP contribution in [0.2, 0.25) is 0 Å². The van der Waals surface area contributed by atoms with Gasteiger partial charge in [0.05, 0.1) is 23.0 Å². The fourth-order valence-corrected chi connectivity index (χ4v) is 3.34. The Morgan fingerprint density at radius 2 is 1.66 bits per heavy atom. The molecule has 2 rings (SSSR count). The second-order valence-electron chi connectivity index (χ2n) is 6.32. The molecule has 0 bridgehead atoms. The number of benzene rings is 2. The molecule has 0 heterocycles. The van der Waals surface area contributed by atoms with E-state index in [-0.39, 0.29) is 16.5 Å². The predicted molar refractivity (Wildman–Crippen MR) is 105 cm³/mol. The van der Waals surface area contributed by atoms with E-state index in [1.54, 1.807) is 37.3 Å². The first-order valence-electron chi connectivity index (χ1n) is 8.74. The van der Waals surface area contributed by atoms with Gasteiger partial charge in [-0.25, -0.2) is 13.2 Å². The van der Waals surface area contributed by atoms with Crippen molar-refractivity contribution in [3.05, 3.63) is 60.2 Å². The maximum atomic E-state index is 12.2. The minimum Gasteiger partial charge on any atom is -0.492 e. The Labute approximate surface area is 169 Å². The number of rotatable bonds is 9. The number of ether oxygens (including phenoxy) is 2. The summed E-state index contributed by atoms with van der Waals surface area (Å²) in [5.74, 6) is -1.33. The van der Waals surface area contributed by atoms with E-state index in [4.69, 9.17) is 20.9 Å². The van der Waals surface area contributed by atoms with Gasteiger partial charge in [-0.1, -0.05) is 18.2 Å². The topological polar surface area (TPSA) is 151 Å². The van der Waals surface area contributed by atoms with E-state index < -0.39 is 34.5 Å². The number of sulfonamides is 1. The van der Waals surface area contributed by atoms with Crippen LogP contribution in [0.1, 0.15) is 23.7 Å². The van der Waals surface area contributed by atoms with Crippen molar-refractivity contribution in [3.63, 3.8) is 0 Å². The zero-order valence-corrected chi connectivity index (χ0v) is 16.6. The zero-order chi connectivity index (χ0) is 21.4. The van der Waals surface area contributed by atoms with Gasteiger partial charge < -0.3 is 20.9 Å². The Kier molecular flexibility index (Phi) is 7.85. The molecule has 0 aromatic heterocycles. The number of carbonyl (C=O) groups excluding carboxylic acids is 2. The van der Waals surface area contributed by atoms with Crippen molar-refractivity contribution in [2.45, 2.75) is 30.4 Å². The van der Waals surface area contributed by atoms with Crippen molar-refractivity contribution >= 4 is 22.0 Å². The van der Waals surface area contributed by atoms with Crippen LogP contribution in [-0.2, 0) is 19.6 Å². The molecule has 5 N–H and O–H groups in total. The van der Waals surface area contributed by atoms with Crippen LogP contribution >= 0.6 is 0 Å². The van der Waals surface area contributed by atoms with Crippen molar-refractivity contribution in [2.75, 3.05) is 6.61 Å². The van der Waals surface area contributed by atoms with E-state index in [9.17, 15) is 18.0 Å². The van der Waals surface area contributed by atoms with Crippen LogP contribution in [0.3, 0.4) is 0 Å². The Hall–Kier alpha value is -2.79. The number of carbonyl (C=O) groups is 2. The van der Waals surface area contributed by atoms with Gasteiger partial charge in [-0.3, -0.25) is 4.79 Å². The van der Waals surface area contributed by atoms with Crippen molar-refractivity contribution < 1.29 is 27.5 Å². The molecule has 0 aliphatic rings. The average Bonchev–Trinajstić information content (AvgIpc) is 2.66. The van der Waals surface area contributed by atoms with Crippen LogP contribution in [0.15, 0.2) is 59.5 Å². The van der Waals surface area contributed by atoms with Gasteiger partial charge in [-0.05, 0) is 43.3 Å². The fourth-order valence-electron chi connectivity index (χ4n) is 2.21. The van der Waals surface area contributed by atoms with Crippen molar-refractivity contribution in [2.24, 2.45) is 11.5 Å². The molecule has 0 saturated heterocycles. The Morgan fingerprint density at radius 3 is 2.24 bits per heavy atom. The fraction of sp³-hybridized carbons (Fsp3) is 0.263. The quantitative estimate of drug-likeness (QED) is 0.305. The standard InChI is InChI=1S/C19H23N3O6S/c1-13(20)12-27-15-9-7-14(8-10-15)19(24)28-18(23)11-17(21)22-29(25,26)16-5-3-2-4-6-16/h2-10,13,17,22H,11-12,20-21H2,1H3/t13-,17-/m0/s1. The highest BCUT2D eigenvalue weighted by Gasteiger charge is 2.21. The molecule has 2 aromatic rings. The lowest BCUT2D eigenvalue weighted by Crippen LogP contribution is -2.43. The van der Waals surface area contributed by atoms with Gasteiger partial charge >= 0.3 is 11.9 Å². The lowest BCUT2D eigenvalue weighted by Gasteiger charge is -2.13. The zero-order valence-electron chi connectivity index (χ0n) is 15.8. The van der Waals surface area contributed by atoms with E-state index in [0.29, 0.717) is 12.4 Å². The second-order valence-corrected chi connectivity index (χ2v) is 8.03. The summed E-state index contributed by atoms with van der Waals surface area (Å²) >= 11 is 0. The summed E-state index contributed by atoms with van der Waals surface area (Å²) in [5.41, 5.74) is 11.4. The third-order valence-electron chi connectivity index (χ3n) is 3.56. The van der Waals surface area contributed by atoms with Crippen molar-refractivity contribution in [1.29, 1.82) is 0 Å². The van der Waals surface area contributed by atoms with Gasteiger partial charge in [-0.15, -0.1) is 0 Å². The van der Waals surface area contributed by atoms with Crippen LogP contribution in [-0.4, -0.2) is 39.2 Å². The predicted octanol–water partition coefficient (Wildman–Crippen LogP) is 0.749. The Balaban J connectivity index is 1.87. The molecule has 0 amide bonds. The first-order valence-corrected chi connectivity index (χ1v) is 10.2. The van der Waals surface area contributed by atoms with Crippen molar-refractivity contribution in [1.82, 2.24) is 4.72 Å². The maximum absolute atomic E-state index is 12.2. The number of hydrogen-bond acceptors (Lipinski definition) is 8. The molecule has 2 aromatic carbocycles. The van der Waals surface area contributed by atoms with Crippen LogP contribution in [0.4, 0.5) is 0 Å². The first-order chi connectivity index (χ1) is 13.7. The first kappa shape index (κ1) is 22.5. The summed E-state index contributed by atoms with van der Waals surface area (Å²) in [6.07, 6.45) is -1.78. The molecule has 9 nitrogen and oxygen atoms in total. The molecule has 0 radical (unpaired) electrons. The summed E-state index contributed by atoms with van der Waals surface area (Å²) in [6, 6.07) is 13.4. The average molecular weight is 421 g/mol. The highest BCUT2D eigenvalue weighted by atomic mass is 32.2. The third kappa shape index (κ3) is 7.27. The number of esters is 2. The van der Waals surface area contributed by atoms with Gasteiger partial charge in [0.15, 0.2) is 0 Å². The second kappa shape index (κ2) is 10.1. The van der Waals surface area contributed by atoms with Crippen LogP contribution in [0, 0.1) is 0 Å². The van der Waals surface area contributed by atoms with Gasteiger partial charge in [0.25, 0.3) is 0 Å². The molecular formula is C19H23N3O6S. The molecule has 2 atom stereocenters. The van der Waals surface area contributed by atoms with Gasteiger partial charge in [-0.2, -0.15) is 4.72 Å². The van der Waals surface area contributed by atoms with Gasteiger partial charge in [0.1, 0.15) is 12.4 Å². The molecule has 0 aliphatic carbocycles. The van der Waals surface area contributed by atoms with E-state index in [1.165, 1.54) is 24.3 Å². The summed E-state index contributed by atoms with van der Waals surface area (Å²) in [7, 11) is -3.89. The van der Waals surface area contributed by atoms with E-state index in [1.807, 2.05) is 0 Å². The largest absolute Gasteiger partial charge is 0.492 e. The molecule has 10 heteroatoms. The van der Waals surface area contributed by atoms with Crippen LogP contribution < -0.4 is 20.9 Å². The van der Waals surface area contributed by atoms with Gasteiger partial charge in [0.2, 0.25) is 10.0 Å². The molecule has 0 spiro atoms. The number of nitrogens with one attached hydrogen (secondary N) is 1. The highest BCUT2D eigenvalue weighted by Crippen LogP contribution is 2.14. The van der Waals surface area contributed by atoms with E-state index in [0.717, 1.165) is 0 Å². The van der Waals surface area contributed by atoms with E-state index >= 15 is 0 Å².